The Bertz CT molecular complexity index is 1210. The summed E-state index contributed by atoms with van der Waals surface area (Å²) in [5, 5.41) is 4.75. The largest absolute Gasteiger partial charge is 0.360 e. The van der Waals surface area contributed by atoms with Crippen LogP contribution >= 0.6 is 23.1 Å². The molecule has 2 aromatic carbocycles. The van der Waals surface area contributed by atoms with Gasteiger partial charge in [-0.25, -0.2) is 9.40 Å². The molecule has 1 unspecified atom stereocenters. The van der Waals surface area contributed by atoms with Crippen molar-refractivity contribution in [1.82, 2.24) is 15.4 Å². The highest BCUT2D eigenvalue weighted by Crippen LogP contribution is 2.34. The normalized spacial score (nSPS) is 16.0. The van der Waals surface area contributed by atoms with Crippen LogP contribution in [-0.4, -0.2) is 21.7 Å². The molecule has 4 nitrogen and oxygen atoms in total. The molecule has 0 radical (unpaired) electrons. The minimum absolute atomic E-state index is 0.0394. The highest BCUT2D eigenvalue weighted by molar-refractivity contribution is 8.00. The summed E-state index contributed by atoms with van der Waals surface area (Å²) in [5.41, 5.74) is 6.07. The quantitative estimate of drug-likeness (QED) is 0.402. The number of hydrogen-bond acceptors (Lipinski definition) is 4. The zero-order valence-corrected chi connectivity index (χ0v) is 17.5. The van der Waals surface area contributed by atoms with E-state index < -0.39 is 0 Å². The zero-order valence-electron chi connectivity index (χ0n) is 15.8. The summed E-state index contributed by atoms with van der Waals surface area (Å²) >= 11 is 3.12. The maximum Gasteiger partial charge on any atom is 0.252 e. The van der Waals surface area contributed by atoms with Crippen molar-refractivity contribution in [2.75, 3.05) is 5.75 Å². The number of thiophene rings is 1. The monoisotopic (exact) mass is 435 g/mol. The molecule has 5 rings (SSSR count). The first-order valence-corrected chi connectivity index (χ1v) is 11.3. The Hall–Kier alpha value is -3.03. The lowest BCUT2D eigenvalue weighted by molar-refractivity contribution is -0.131. The van der Waals surface area contributed by atoms with Gasteiger partial charge >= 0.3 is 0 Å². The fraction of sp³-hybridized carbons (Fsp3) is 0.0870. The van der Waals surface area contributed by atoms with E-state index in [0.717, 1.165) is 31.9 Å². The lowest BCUT2D eigenvalue weighted by Gasteiger charge is -2.25. The summed E-state index contributed by atoms with van der Waals surface area (Å²) < 4.78 is 13.4. The molecule has 1 amide bonds. The summed E-state index contributed by atoms with van der Waals surface area (Å²) in [7, 11) is 0. The molecule has 3 heterocycles. The number of nitrogens with one attached hydrogen (secondary N) is 2. The number of thioether (sulfide) groups is 1. The van der Waals surface area contributed by atoms with Gasteiger partial charge in [0.1, 0.15) is 5.82 Å². The van der Waals surface area contributed by atoms with E-state index in [1.165, 1.54) is 23.9 Å². The molecule has 2 aromatic heterocycles. The SMILES string of the molecule is O=C(CSc1c[nH]c2ccccc12)N1NC(c2cccs2)=CC1c1ccc(F)cc1. The van der Waals surface area contributed by atoms with E-state index in [1.54, 1.807) is 28.5 Å². The van der Waals surface area contributed by atoms with Gasteiger partial charge in [0, 0.05) is 22.0 Å². The van der Waals surface area contributed by atoms with Gasteiger partial charge in [0.15, 0.2) is 0 Å². The fourth-order valence-electron chi connectivity index (χ4n) is 3.53. The summed E-state index contributed by atoms with van der Waals surface area (Å²) in [5.74, 6) is -0.0414. The smallest absolute Gasteiger partial charge is 0.252 e. The van der Waals surface area contributed by atoms with Gasteiger partial charge in [-0.3, -0.25) is 10.2 Å². The fourth-order valence-corrected chi connectivity index (χ4v) is 5.13. The molecule has 4 aromatic rings. The van der Waals surface area contributed by atoms with Gasteiger partial charge < -0.3 is 4.98 Å². The number of H-pyrrole nitrogens is 1. The van der Waals surface area contributed by atoms with Gasteiger partial charge in [-0.15, -0.1) is 23.1 Å². The molecule has 7 heteroatoms. The van der Waals surface area contributed by atoms with Crippen LogP contribution in [-0.2, 0) is 4.79 Å². The Labute approximate surface area is 181 Å². The molecule has 0 spiro atoms. The predicted octanol–water partition coefficient (Wildman–Crippen LogP) is 5.59. The predicted molar refractivity (Wildman–Crippen MR) is 120 cm³/mol. The molecule has 1 aliphatic rings. The standard InChI is InChI=1S/C23H18FN3OS2/c24-16-9-7-15(8-10-16)20-12-19(21-6-3-11-29-21)26-27(20)23(28)14-30-22-13-25-18-5-2-1-4-17(18)22/h1-13,20,25-26H,14H2. The maximum absolute atomic E-state index is 13.4. The third-order valence-corrected chi connectivity index (χ3v) is 6.96. The molecule has 0 aliphatic carbocycles. The summed E-state index contributed by atoms with van der Waals surface area (Å²) in [6.45, 7) is 0. The third-order valence-electron chi connectivity index (χ3n) is 5.01. The molecule has 30 heavy (non-hydrogen) atoms. The van der Waals surface area contributed by atoms with Gasteiger partial charge in [-0.05, 0) is 41.3 Å². The Morgan fingerprint density at radius 1 is 1.10 bits per heavy atom. The topological polar surface area (TPSA) is 48.1 Å². The number of hydrazine groups is 1. The van der Waals surface area contributed by atoms with Crippen molar-refractivity contribution in [2.24, 2.45) is 0 Å². The molecule has 2 N–H and O–H groups in total. The number of benzene rings is 2. The first kappa shape index (κ1) is 19.0. The zero-order chi connectivity index (χ0) is 20.5. The van der Waals surface area contributed by atoms with Gasteiger partial charge in [0.05, 0.1) is 22.4 Å². The van der Waals surface area contributed by atoms with Gasteiger partial charge in [0.2, 0.25) is 0 Å². The number of halogens is 1. The Morgan fingerprint density at radius 3 is 2.73 bits per heavy atom. The van der Waals surface area contributed by atoms with Crippen LogP contribution in [0.1, 0.15) is 16.5 Å². The van der Waals surface area contributed by atoms with Crippen molar-refractivity contribution in [2.45, 2.75) is 10.9 Å². The highest BCUT2D eigenvalue weighted by Gasteiger charge is 2.31. The summed E-state index contributed by atoms with van der Waals surface area (Å²) in [4.78, 5) is 18.5. The Balaban J connectivity index is 1.38. The molecule has 0 saturated carbocycles. The summed E-state index contributed by atoms with van der Waals surface area (Å²) in [6, 6.07) is 18.0. The second-order valence-electron chi connectivity index (χ2n) is 6.92. The van der Waals surface area contributed by atoms with Crippen molar-refractivity contribution in [1.29, 1.82) is 0 Å². The average Bonchev–Trinajstić information content (AvgIpc) is 3.51. The lowest BCUT2D eigenvalue weighted by atomic mass is 10.1. The second kappa shape index (κ2) is 8.01. The van der Waals surface area contributed by atoms with Crippen molar-refractivity contribution >= 4 is 45.6 Å². The number of aromatic nitrogens is 1. The molecule has 0 bridgehead atoms. The van der Waals surface area contributed by atoms with Gasteiger partial charge in [0.25, 0.3) is 5.91 Å². The number of carbonyl (C=O) groups is 1. The average molecular weight is 436 g/mol. The number of hydrogen-bond donors (Lipinski definition) is 2. The molecule has 1 atom stereocenters. The highest BCUT2D eigenvalue weighted by atomic mass is 32.2. The van der Waals surface area contributed by atoms with Crippen LogP contribution in [0.2, 0.25) is 0 Å². The minimum Gasteiger partial charge on any atom is -0.360 e. The van der Waals surface area contributed by atoms with E-state index in [1.807, 2.05) is 54.1 Å². The maximum atomic E-state index is 13.4. The molecular formula is C23H18FN3OS2. The first-order valence-electron chi connectivity index (χ1n) is 9.48. The summed E-state index contributed by atoms with van der Waals surface area (Å²) in [6.07, 6.45) is 3.96. The van der Waals surface area contributed by atoms with Gasteiger partial charge in [-0.2, -0.15) is 0 Å². The number of amides is 1. The van der Waals surface area contributed by atoms with Crippen LogP contribution in [0.5, 0.6) is 0 Å². The third kappa shape index (κ3) is 3.62. The van der Waals surface area contributed by atoms with E-state index in [-0.39, 0.29) is 23.5 Å². The van der Waals surface area contributed by atoms with Crippen LogP contribution in [0.25, 0.3) is 16.6 Å². The number of aromatic amines is 1. The van der Waals surface area contributed by atoms with E-state index >= 15 is 0 Å². The molecular weight excluding hydrogens is 417 g/mol. The van der Waals surface area contributed by atoms with Gasteiger partial charge in [-0.1, -0.05) is 36.4 Å². The van der Waals surface area contributed by atoms with E-state index in [9.17, 15) is 9.18 Å². The van der Waals surface area contributed by atoms with E-state index in [0.29, 0.717) is 0 Å². The number of fused-ring (bicyclic) bond motifs is 1. The molecule has 0 fully saturated rings. The minimum atomic E-state index is -0.293. The molecule has 0 saturated heterocycles. The van der Waals surface area contributed by atoms with Crippen molar-refractivity contribution in [3.8, 4) is 0 Å². The van der Waals surface area contributed by atoms with Crippen LogP contribution in [0.15, 0.2) is 83.2 Å². The van der Waals surface area contributed by atoms with Crippen molar-refractivity contribution < 1.29 is 9.18 Å². The van der Waals surface area contributed by atoms with Crippen LogP contribution in [0, 0.1) is 5.82 Å². The van der Waals surface area contributed by atoms with Crippen LogP contribution < -0.4 is 5.43 Å². The molecule has 150 valence electrons. The van der Waals surface area contributed by atoms with Crippen LogP contribution in [0.4, 0.5) is 4.39 Å². The second-order valence-corrected chi connectivity index (χ2v) is 8.88. The van der Waals surface area contributed by atoms with Crippen molar-refractivity contribution in [3.63, 3.8) is 0 Å². The van der Waals surface area contributed by atoms with E-state index in [4.69, 9.17) is 0 Å². The Morgan fingerprint density at radius 2 is 1.93 bits per heavy atom. The molecule has 1 aliphatic heterocycles. The first-order chi connectivity index (χ1) is 14.7. The number of nitrogens with zero attached hydrogens (tertiary/aromatic N) is 1. The van der Waals surface area contributed by atoms with Crippen molar-refractivity contribution in [3.05, 3.63) is 94.6 Å². The number of rotatable bonds is 5. The van der Waals surface area contributed by atoms with E-state index in [2.05, 4.69) is 10.4 Å². The lowest BCUT2D eigenvalue weighted by Crippen LogP contribution is -2.40. The number of para-hydroxylation sites is 1. The Kier molecular flexibility index (Phi) is 5.06. The number of carbonyl (C=O) groups excluding carboxylic acids is 1. The van der Waals surface area contributed by atoms with Crippen LogP contribution in [0.3, 0.4) is 0 Å².